The average Bonchev–Trinajstić information content (AvgIpc) is 3.01. The molecule has 7 nitrogen and oxygen atoms in total. The second-order valence-corrected chi connectivity index (χ2v) is 8.00. The molecule has 0 radical (unpaired) electrons. The van der Waals surface area contributed by atoms with Gasteiger partial charge in [0.15, 0.2) is 0 Å². The summed E-state index contributed by atoms with van der Waals surface area (Å²) in [4.78, 5) is 11.0. The lowest BCUT2D eigenvalue weighted by atomic mass is 10.1. The third kappa shape index (κ3) is 2.46. The Hall–Kier alpha value is -2.00. The molecule has 0 saturated heterocycles. The van der Waals surface area contributed by atoms with Gasteiger partial charge in [0.05, 0.1) is 5.69 Å². The summed E-state index contributed by atoms with van der Waals surface area (Å²) in [7, 11) is -3.79. The highest BCUT2D eigenvalue weighted by Gasteiger charge is 2.38. The first kappa shape index (κ1) is 14.9. The number of benzene rings is 1. The zero-order valence-corrected chi connectivity index (χ0v) is 13.6. The summed E-state index contributed by atoms with van der Waals surface area (Å²) >= 11 is 0.848. The number of sulfonamides is 1. The Balaban J connectivity index is 2.00. The normalized spacial score (nSPS) is 17.4. The Kier molecular flexibility index (Phi) is 3.61. The number of anilines is 2. The van der Waals surface area contributed by atoms with Gasteiger partial charge in [-0.05, 0) is 25.0 Å². The molecule has 9 heteroatoms. The van der Waals surface area contributed by atoms with Crippen molar-refractivity contribution in [3.63, 3.8) is 0 Å². The fourth-order valence-corrected chi connectivity index (χ4v) is 5.22. The maximum atomic E-state index is 12.8. The number of carbonyl (C=O) groups excluding carboxylic acids is 1. The monoisotopic (exact) mass is 338 g/mol. The van der Waals surface area contributed by atoms with Gasteiger partial charge >= 0.3 is 0 Å². The van der Waals surface area contributed by atoms with Crippen molar-refractivity contribution >= 4 is 38.1 Å². The molecule has 3 rings (SSSR count). The Bertz CT molecular complexity index is 831. The van der Waals surface area contributed by atoms with Gasteiger partial charge in [0, 0.05) is 13.0 Å². The SMILES string of the molecule is CC(=O)Nc1nnc(S(=O)(=O)N2c3ccccc3CC2C)s1. The van der Waals surface area contributed by atoms with E-state index in [9.17, 15) is 13.2 Å². The zero-order chi connectivity index (χ0) is 15.9. The summed E-state index contributed by atoms with van der Waals surface area (Å²) in [5.41, 5.74) is 1.66. The molecular formula is C13H14N4O3S2. The highest BCUT2D eigenvalue weighted by Crippen LogP contribution is 2.37. The van der Waals surface area contributed by atoms with Crippen LogP contribution in [-0.4, -0.2) is 30.6 Å². The molecule has 22 heavy (non-hydrogen) atoms. The number of nitrogens with one attached hydrogen (secondary N) is 1. The number of aromatic nitrogens is 2. The van der Waals surface area contributed by atoms with Gasteiger partial charge in [0.25, 0.3) is 14.4 Å². The molecule has 1 aromatic heterocycles. The van der Waals surface area contributed by atoms with Gasteiger partial charge in [-0.2, -0.15) is 8.42 Å². The highest BCUT2D eigenvalue weighted by atomic mass is 32.2. The van der Waals surface area contributed by atoms with E-state index < -0.39 is 10.0 Å². The quantitative estimate of drug-likeness (QED) is 0.859. The van der Waals surface area contributed by atoms with Crippen LogP contribution in [0.5, 0.6) is 0 Å². The van der Waals surface area contributed by atoms with Crippen LogP contribution in [0.15, 0.2) is 28.6 Å². The number of amides is 1. The number of rotatable bonds is 3. The molecule has 0 aliphatic carbocycles. The van der Waals surface area contributed by atoms with E-state index in [0.717, 1.165) is 16.9 Å². The van der Waals surface area contributed by atoms with Crippen LogP contribution in [0.4, 0.5) is 10.8 Å². The zero-order valence-electron chi connectivity index (χ0n) is 12.0. The summed E-state index contributed by atoms with van der Waals surface area (Å²) in [5.74, 6) is -0.319. The second kappa shape index (κ2) is 5.33. The van der Waals surface area contributed by atoms with Crippen LogP contribution in [-0.2, 0) is 21.2 Å². The minimum atomic E-state index is -3.79. The molecule has 1 aromatic carbocycles. The van der Waals surface area contributed by atoms with E-state index in [1.165, 1.54) is 11.2 Å². The van der Waals surface area contributed by atoms with Crippen molar-refractivity contribution in [3.8, 4) is 0 Å². The van der Waals surface area contributed by atoms with Gasteiger partial charge in [-0.25, -0.2) is 0 Å². The van der Waals surface area contributed by atoms with E-state index in [1.807, 2.05) is 25.1 Å². The summed E-state index contributed by atoms with van der Waals surface area (Å²) in [6, 6.07) is 7.22. The van der Waals surface area contributed by atoms with Crippen LogP contribution in [0.3, 0.4) is 0 Å². The largest absolute Gasteiger partial charge is 0.301 e. The maximum absolute atomic E-state index is 12.8. The first-order valence-corrected chi connectivity index (χ1v) is 8.88. The van der Waals surface area contributed by atoms with Crippen LogP contribution in [0.25, 0.3) is 0 Å². The fraction of sp³-hybridized carbons (Fsp3) is 0.308. The molecule has 1 amide bonds. The van der Waals surface area contributed by atoms with Crippen molar-refractivity contribution in [2.75, 3.05) is 9.62 Å². The van der Waals surface area contributed by atoms with Gasteiger partial charge in [-0.3, -0.25) is 9.10 Å². The van der Waals surface area contributed by atoms with Crippen molar-refractivity contribution in [2.24, 2.45) is 0 Å². The average molecular weight is 338 g/mol. The molecule has 1 unspecified atom stereocenters. The molecule has 2 heterocycles. The Morgan fingerprint density at radius 2 is 2.09 bits per heavy atom. The highest BCUT2D eigenvalue weighted by molar-refractivity contribution is 7.94. The summed E-state index contributed by atoms with van der Waals surface area (Å²) in [6.45, 7) is 3.18. The van der Waals surface area contributed by atoms with Gasteiger partial charge in [-0.1, -0.05) is 29.5 Å². The summed E-state index contributed by atoms with van der Waals surface area (Å²) < 4.78 is 26.9. The van der Waals surface area contributed by atoms with E-state index >= 15 is 0 Å². The van der Waals surface area contributed by atoms with Crippen LogP contribution in [0, 0.1) is 0 Å². The number of hydrogen-bond acceptors (Lipinski definition) is 6. The van der Waals surface area contributed by atoms with Gasteiger partial charge in [-0.15, -0.1) is 10.2 Å². The number of para-hydroxylation sites is 1. The first-order chi connectivity index (χ1) is 10.4. The van der Waals surface area contributed by atoms with Crippen LogP contribution in [0.1, 0.15) is 19.4 Å². The molecule has 0 spiro atoms. The van der Waals surface area contributed by atoms with Crippen molar-refractivity contribution in [1.82, 2.24) is 10.2 Å². The topological polar surface area (TPSA) is 92.3 Å². The van der Waals surface area contributed by atoms with Crippen LogP contribution in [0.2, 0.25) is 0 Å². The number of fused-ring (bicyclic) bond motifs is 1. The minimum absolute atomic E-state index is 0.125. The number of hydrogen-bond donors (Lipinski definition) is 1. The van der Waals surface area contributed by atoms with Crippen molar-refractivity contribution in [3.05, 3.63) is 29.8 Å². The van der Waals surface area contributed by atoms with Crippen LogP contribution < -0.4 is 9.62 Å². The molecule has 1 atom stereocenters. The molecule has 1 aliphatic rings. The fourth-order valence-electron chi connectivity index (χ4n) is 2.50. The summed E-state index contributed by atoms with van der Waals surface area (Å²) in [5, 5.41) is 10.0. The van der Waals surface area contributed by atoms with Crippen molar-refractivity contribution in [2.45, 2.75) is 30.6 Å². The molecular weight excluding hydrogens is 324 g/mol. The molecule has 0 saturated carbocycles. The van der Waals surface area contributed by atoms with E-state index in [1.54, 1.807) is 6.07 Å². The van der Waals surface area contributed by atoms with Gasteiger partial charge in [0.1, 0.15) is 0 Å². The second-order valence-electron chi connectivity index (χ2n) is 5.04. The molecule has 0 bridgehead atoms. The molecule has 1 N–H and O–H groups in total. The maximum Gasteiger partial charge on any atom is 0.293 e. The van der Waals surface area contributed by atoms with E-state index in [-0.39, 0.29) is 21.4 Å². The smallest absolute Gasteiger partial charge is 0.293 e. The number of nitrogens with zero attached hydrogens (tertiary/aromatic N) is 3. The van der Waals surface area contributed by atoms with Crippen molar-refractivity contribution < 1.29 is 13.2 Å². The lowest BCUT2D eigenvalue weighted by molar-refractivity contribution is -0.114. The molecule has 0 fully saturated rings. The molecule has 1 aliphatic heterocycles. The summed E-state index contributed by atoms with van der Waals surface area (Å²) in [6.07, 6.45) is 0.659. The first-order valence-electron chi connectivity index (χ1n) is 6.63. The Morgan fingerprint density at radius 3 is 2.82 bits per heavy atom. The Labute approximate surface area is 132 Å². The van der Waals surface area contributed by atoms with E-state index in [0.29, 0.717) is 12.1 Å². The van der Waals surface area contributed by atoms with Gasteiger partial charge < -0.3 is 5.32 Å². The van der Waals surface area contributed by atoms with Crippen LogP contribution >= 0.6 is 11.3 Å². The third-order valence-corrected chi connectivity index (χ3v) is 6.43. The van der Waals surface area contributed by atoms with E-state index in [2.05, 4.69) is 15.5 Å². The standard InChI is InChI=1S/C13H14N4O3S2/c1-8-7-10-5-3-4-6-11(10)17(8)22(19,20)13-16-15-12(21-13)14-9(2)18/h3-6,8H,7H2,1-2H3,(H,14,15,18). The van der Waals surface area contributed by atoms with Gasteiger partial charge in [0.2, 0.25) is 11.0 Å². The van der Waals surface area contributed by atoms with E-state index in [4.69, 9.17) is 0 Å². The lowest BCUT2D eigenvalue weighted by Crippen LogP contribution is -2.35. The molecule has 2 aromatic rings. The Morgan fingerprint density at radius 1 is 1.36 bits per heavy atom. The lowest BCUT2D eigenvalue weighted by Gasteiger charge is -2.22. The third-order valence-electron chi connectivity index (χ3n) is 3.31. The van der Waals surface area contributed by atoms with Crippen molar-refractivity contribution in [1.29, 1.82) is 0 Å². The molecule has 116 valence electrons. The predicted molar refractivity (Wildman–Crippen MR) is 83.5 cm³/mol. The number of carbonyl (C=O) groups is 1. The predicted octanol–water partition coefficient (Wildman–Crippen LogP) is 1.64. The minimum Gasteiger partial charge on any atom is -0.301 e.